The Morgan fingerprint density at radius 2 is 1.58 bits per heavy atom. The number of carbonyl (C=O) groups excluding carboxylic acids is 1. The van der Waals surface area contributed by atoms with E-state index in [9.17, 15) is 13.2 Å². The van der Waals surface area contributed by atoms with Gasteiger partial charge in [0.1, 0.15) is 0 Å². The van der Waals surface area contributed by atoms with Crippen LogP contribution in [0, 0.1) is 0 Å². The lowest BCUT2D eigenvalue weighted by molar-refractivity contribution is 0.0730. The summed E-state index contributed by atoms with van der Waals surface area (Å²) in [5, 5.41) is 0. The fourth-order valence-corrected chi connectivity index (χ4v) is 6.02. The number of amides is 1. The van der Waals surface area contributed by atoms with Crippen molar-refractivity contribution in [3.63, 3.8) is 0 Å². The van der Waals surface area contributed by atoms with Gasteiger partial charge in [0.25, 0.3) is 5.91 Å². The van der Waals surface area contributed by atoms with E-state index in [4.69, 9.17) is 14.2 Å². The summed E-state index contributed by atoms with van der Waals surface area (Å²) in [5.41, 5.74) is 1.51. The summed E-state index contributed by atoms with van der Waals surface area (Å²) in [5.74, 6) is 1.37. The van der Waals surface area contributed by atoms with Crippen molar-refractivity contribution in [2.75, 3.05) is 46.1 Å². The van der Waals surface area contributed by atoms with Crippen LogP contribution in [0.3, 0.4) is 0 Å². The van der Waals surface area contributed by atoms with E-state index in [1.807, 2.05) is 23.1 Å². The normalized spacial score (nSPS) is 21.6. The first kappa shape index (κ1) is 22.2. The number of benzene rings is 2. The second-order valence-electron chi connectivity index (χ2n) is 8.45. The summed E-state index contributed by atoms with van der Waals surface area (Å²) < 4.78 is 43.9. The fraction of sp³-hybridized carbons (Fsp3) is 0.458. The van der Waals surface area contributed by atoms with Crippen LogP contribution in [0.2, 0.25) is 0 Å². The second-order valence-corrected chi connectivity index (χ2v) is 10.4. The summed E-state index contributed by atoms with van der Waals surface area (Å²) >= 11 is 0. The molecule has 1 atom stereocenters. The molecule has 0 aromatic heterocycles. The number of fused-ring (bicyclic) bond motifs is 1. The van der Waals surface area contributed by atoms with Crippen molar-refractivity contribution < 1.29 is 27.4 Å². The highest BCUT2D eigenvalue weighted by Crippen LogP contribution is 2.38. The van der Waals surface area contributed by atoms with Gasteiger partial charge in [0.2, 0.25) is 10.0 Å². The third-order valence-electron chi connectivity index (χ3n) is 6.38. The molecule has 2 saturated heterocycles. The van der Waals surface area contributed by atoms with Gasteiger partial charge in [-0.2, -0.15) is 4.31 Å². The summed E-state index contributed by atoms with van der Waals surface area (Å²) in [6, 6.07) is 12.1. The first-order valence-corrected chi connectivity index (χ1v) is 12.9. The van der Waals surface area contributed by atoms with E-state index in [0.717, 1.165) is 36.3 Å². The van der Waals surface area contributed by atoms with E-state index in [1.165, 1.54) is 16.4 Å². The predicted molar refractivity (Wildman–Crippen MR) is 121 cm³/mol. The standard InChI is InChI=1S/C24H28N2O6S/c27-24(18-4-7-20(8-5-18)33(28,29)25-11-15-30-16-12-25)26-10-1-3-21(26)19-6-9-22-23(17-19)32-14-2-13-31-22/h4-9,17,21H,1-3,10-16H2. The van der Waals surface area contributed by atoms with Crippen LogP contribution < -0.4 is 9.47 Å². The molecule has 2 fully saturated rings. The fourth-order valence-electron chi connectivity index (χ4n) is 4.61. The third-order valence-corrected chi connectivity index (χ3v) is 8.29. The Labute approximate surface area is 194 Å². The van der Waals surface area contributed by atoms with Gasteiger partial charge in [-0.25, -0.2) is 8.42 Å². The summed E-state index contributed by atoms with van der Waals surface area (Å²) in [7, 11) is -3.59. The summed E-state index contributed by atoms with van der Waals surface area (Å²) in [6.07, 6.45) is 2.62. The van der Waals surface area contributed by atoms with E-state index >= 15 is 0 Å². The summed E-state index contributed by atoms with van der Waals surface area (Å²) in [6.45, 7) is 3.38. The van der Waals surface area contributed by atoms with E-state index in [1.54, 1.807) is 12.1 Å². The lowest BCUT2D eigenvalue weighted by Crippen LogP contribution is -2.40. The zero-order chi connectivity index (χ0) is 22.8. The third kappa shape index (κ3) is 4.45. The van der Waals surface area contributed by atoms with Crippen LogP contribution in [-0.4, -0.2) is 69.6 Å². The first-order valence-electron chi connectivity index (χ1n) is 11.4. The second kappa shape index (κ2) is 9.32. The van der Waals surface area contributed by atoms with Crippen LogP contribution in [-0.2, 0) is 14.8 Å². The minimum absolute atomic E-state index is 0.0496. The molecule has 0 N–H and O–H groups in total. The highest BCUT2D eigenvalue weighted by atomic mass is 32.2. The number of sulfonamides is 1. The van der Waals surface area contributed by atoms with Crippen molar-refractivity contribution in [1.82, 2.24) is 9.21 Å². The maximum Gasteiger partial charge on any atom is 0.254 e. The van der Waals surface area contributed by atoms with Crippen molar-refractivity contribution in [1.29, 1.82) is 0 Å². The van der Waals surface area contributed by atoms with Gasteiger partial charge in [0.15, 0.2) is 11.5 Å². The Morgan fingerprint density at radius 1 is 0.848 bits per heavy atom. The average Bonchev–Trinajstić information content (AvgIpc) is 3.23. The zero-order valence-electron chi connectivity index (χ0n) is 18.4. The van der Waals surface area contributed by atoms with Crippen molar-refractivity contribution in [3.8, 4) is 11.5 Å². The molecule has 0 radical (unpaired) electrons. The number of hydrogen-bond acceptors (Lipinski definition) is 6. The van der Waals surface area contributed by atoms with Crippen LogP contribution in [0.15, 0.2) is 47.4 Å². The number of hydrogen-bond donors (Lipinski definition) is 0. The van der Waals surface area contributed by atoms with Gasteiger partial charge in [0.05, 0.1) is 37.4 Å². The number of ether oxygens (including phenoxy) is 3. The quantitative estimate of drug-likeness (QED) is 0.680. The highest BCUT2D eigenvalue weighted by molar-refractivity contribution is 7.89. The topological polar surface area (TPSA) is 85.4 Å². The SMILES string of the molecule is O=C(c1ccc(S(=O)(=O)N2CCOCC2)cc1)N1CCCC1c1ccc2c(c1)OCCCO2. The Morgan fingerprint density at radius 3 is 2.33 bits per heavy atom. The number of carbonyl (C=O) groups is 1. The molecule has 0 saturated carbocycles. The van der Waals surface area contributed by atoms with Gasteiger partial charge in [-0.05, 0) is 54.8 Å². The molecule has 3 aliphatic heterocycles. The van der Waals surface area contributed by atoms with E-state index in [0.29, 0.717) is 51.6 Å². The van der Waals surface area contributed by atoms with Crippen molar-refractivity contribution in [2.45, 2.75) is 30.2 Å². The minimum Gasteiger partial charge on any atom is -0.490 e. The lowest BCUT2D eigenvalue weighted by Gasteiger charge is -2.27. The molecule has 176 valence electrons. The van der Waals surface area contributed by atoms with Gasteiger partial charge >= 0.3 is 0 Å². The monoisotopic (exact) mass is 472 g/mol. The smallest absolute Gasteiger partial charge is 0.254 e. The van der Waals surface area contributed by atoms with Crippen molar-refractivity contribution in [2.24, 2.45) is 0 Å². The van der Waals surface area contributed by atoms with Crippen molar-refractivity contribution in [3.05, 3.63) is 53.6 Å². The zero-order valence-corrected chi connectivity index (χ0v) is 19.3. The van der Waals surface area contributed by atoms with Crippen LogP contribution in [0.1, 0.15) is 41.2 Å². The van der Waals surface area contributed by atoms with Crippen molar-refractivity contribution >= 4 is 15.9 Å². The number of likely N-dealkylation sites (tertiary alicyclic amines) is 1. The van der Waals surface area contributed by atoms with Crippen LogP contribution >= 0.6 is 0 Å². The molecule has 1 unspecified atom stereocenters. The molecule has 2 aromatic carbocycles. The molecular weight excluding hydrogens is 444 g/mol. The van der Waals surface area contributed by atoms with Gasteiger partial charge in [0, 0.05) is 31.6 Å². The Balaban J connectivity index is 1.34. The predicted octanol–water partition coefficient (Wildman–Crippen LogP) is 2.85. The molecular formula is C24H28N2O6S. The Kier molecular flexibility index (Phi) is 6.27. The molecule has 3 aliphatic rings. The average molecular weight is 473 g/mol. The lowest BCUT2D eigenvalue weighted by atomic mass is 10.0. The number of nitrogens with zero attached hydrogens (tertiary/aromatic N) is 2. The molecule has 0 spiro atoms. The molecule has 2 aromatic rings. The van der Waals surface area contributed by atoms with E-state index in [-0.39, 0.29) is 16.8 Å². The largest absolute Gasteiger partial charge is 0.490 e. The molecule has 1 amide bonds. The summed E-state index contributed by atoms with van der Waals surface area (Å²) in [4.78, 5) is 15.4. The van der Waals surface area contributed by atoms with E-state index in [2.05, 4.69) is 0 Å². The number of morpholine rings is 1. The molecule has 5 rings (SSSR count). The molecule has 0 bridgehead atoms. The molecule has 8 nitrogen and oxygen atoms in total. The van der Waals surface area contributed by atoms with Gasteiger partial charge < -0.3 is 19.1 Å². The Hall–Kier alpha value is -2.62. The maximum absolute atomic E-state index is 13.3. The molecule has 3 heterocycles. The highest BCUT2D eigenvalue weighted by Gasteiger charge is 2.32. The van der Waals surface area contributed by atoms with Crippen LogP contribution in [0.4, 0.5) is 0 Å². The maximum atomic E-state index is 13.3. The Bertz CT molecular complexity index is 1110. The van der Waals surface area contributed by atoms with Crippen LogP contribution in [0.25, 0.3) is 0 Å². The van der Waals surface area contributed by atoms with Gasteiger partial charge in [-0.1, -0.05) is 6.07 Å². The minimum atomic E-state index is -3.59. The molecule has 9 heteroatoms. The first-order chi connectivity index (χ1) is 16.0. The molecule has 33 heavy (non-hydrogen) atoms. The van der Waals surface area contributed by atoms with Gasteiger partial charge in [-0.3, -0.25) is 4.79 Å². The number of rotatable bonds is 4. The van der Waals surface area contributed by atoms with Gasteiger partial charge in [-0.15, -0.1) is 0 Å². The van der Waals surface area contributed by atoms with Crippen LogP contribution in [0.5, 0.6) is 11.5 Å². The molecule has 0 aliphatic carbocycles. The van der Waals surface area contributed by atoms with E-state index < -0.39 is 10.0 Å².